The predicted octanol–water partition coefficient (Wildman–Crippen LogP) is 1.41. The number of rotatable bonds is 5. The number of amides is 1. The van der Waals surface area contributed by atoms with Crippen LogP contribution in [-0.2, 0) is 4.79 Å². The summed E-state index contributed by atoms with van der Waals surface area (Å²) >= 11 is 1.29. The van der Waals surface area contributed by atoms with Gasteiger partial charge >= 0.3 is 5.69 Å². The minimum absolute atomic E-state index is 0.0733. The van der Waals surface area contributed by atoms with Crippen molar-refractivity contribution in [2.75, 3.05) is 18.8 Å². The minimum Gasteiger partial charge on any atom is -0.342 e. The molecular weight excluding hydrogens is 366 g/mol. The van der Waals surface area contributed by atoms with Gasteiger partial charge in [0.15, 0.2) is 5.65 Å². The zero-order chi connectivity index (χ0) is 18.5. The average Bonchev–Trinajstić information content (AvgIpc) is 3.58. The molecule has 142 valence electrons. The fraction of sp³-hybridized carbons (Fsp3) is 0.611. The van der Waals surface area contributed by atoms with Gasteiger partial charge in [0.05, 0.1) is 5.75 Å². The molecule has 2 aromatic heterocycles. The van der Waals surface area contributed by atoms with Gasteiger partial charge in [0.2, 0.25) is 5.91 Å². The largest absolute Gasteiger partial charge is 0.342 e. The number of hydrogen-bond acceptors (Lipinski definition) is 6. The van der Waals surface area contributed by atoms with Crippen molar-refractivity contribution < 1.29 is 4.79 Å². The number of hydrogen-bond donors (Lipinski definition) is 1. The van der Waals surface area contributed by atoms with E-state index in [0.29, 0.717) is 27.8 Å². The van der Waals surface area contributed by atoms with Gasteiger partial charge in [-0.2, -0.15) is 0 Å². The van der Waals surface area contributed by atoms with E-state index >= 15 is 0 Å². The van der Waals surface area contributed by atoms with Crippen LogP contribution in [0.5, 0.6) is 0 Å². The van der Waals surface area contributed by atoms with Crippen LogP contribution in [0.4, 0.5) is 0 Å². The molecule has 1 N–H and O–H groups in total. The third-order valence-electron chi connectivity index (χ3n) is 5.41. The van der Waals surface area contributed by atoms with Crippen LogP contribution in [0.2, 0.25) is 0 Å². The highest BCUT2D eigenvalue weighted by molar-refractivity contribution is 8.00. The molecule has 1 saturated heterocycles. The van der Waals surface area contributed by atoms with Crippen molar-refractivity contribution >= 4 is 28.7 Å². The number of fused-ring (bicyclic) bond motifs is 1. The van der Waals surface area contributed by atoms with Crippen molar-refractivity contribution in [3.63, 3.8) is 0 Å². The maximum absolute atomic E-state index is 12.6. The average molecular weight is 387 g/mol. The van der Waals surface area contributed by atoms with Gasteiger partial charge in [0.25, 0.3) is 5.56 Å². The number of likely N-dealkylation sites (tertiary alicyclic amines) is 1. The van der Waals surface area contributed by atoms with Crippen LogP contribution < -0.4 is 11.2 Å². The Morgan fingerprint density at radius 1 is 1.11 bits per heavy atom. The maximum Gasteiger partial charge on any atom is 0.330 e. The van der Waals surface area contributed by atoms with Crippen LogP contribution in [0.15, 0.2) is 14.6 Å². The summed E-state index contributed by atoms with van der Waals surface area (Å²) in [5.41, 5.74) is -0.441. The van der Waals surface area contributed by atoms with Crippen molar-refractivity contribution in [2.24, 2.45) is 0 Å². The number of H-pyrrole nitrogens is 1. The van der Waals surface area contributed by atoms with Crippen LogP contribution in [0, 0.1) is 0 Å². The van der Waals surface area contributed by atoms with Gasteiger partial charge in [-0.05, 0) is 38.5 Å². The Hall–Kier alpha value is -2.16. The Kier molecular flexibility index (Phi) is 4.07. The van der Waals surface area contributed by atoms with Gasteiger partial charge in [-0.1, -0.05) is 11.8 Å². The highest BCUT2D eigenvalue weighted by atomic mass is 32.2. The second-order valence-corrected chi connectivity index (χ2v) is 8.56. The SMILES string of the molecule is O=C(CSc1nc(C2CC2)nc2c1c(=O)[nH]c(=O)n2C1CC1)N1CCCC1. The molecule has 1 aliphatic heterocycles. The lowest BCUT2D eigenvalue weighted by Crippen LogP contribution is -2.31. The highest BCUT2D eigenvalue weighted by Gasteiger charge is 2.32. The molecule has 3 fully saturated rings. The van der Waals surface area contributed by atoms with Crippen LogP contribution in [0.1, 0.15) is 56.3 Å². The van der Waals surface area contributed by atoms with E-state index < -0.39 is 11.2 Å². The Labute approximate surface area is 159 Å². The van der Waals surface area contributed by atoms with Gasteiger partial charge < -0.3 is 4.90 Å². The van der Waals surface area contributed by atoms with Gasteiger partial charge in [0, 0.05) is 25.0 Å². The van der Waals surface area contributed by atoms with Crippen LogP contribution in [0.25, 0.3) is 11.0 Å². The first kappa shape index (κ1) is 17.0. The molecule has 0 radical (unpaired) electrons. The molecule has 3 aliphatic rings. The van der Waals surface area contributed by atoms with Gasteiger partial charge in [0.1, 0.15) is 16.2 Å². The van der Waals surface area contributed by atoms with Crippen LogP contribution in [-0.4, -0.2) is 49.2 Å². The molecule has 0 aromatic carbocycles. The number of nitrogens with zero attached hydrogens (tertiary/aromatic N) is 4. The number of aromatic nitrogens is 4. The molecule has 0 atom stereocenters. The van der Waals surface area contributed by atoms with Crippen molar-refractivity contribution in [1.82, 2.24) is 24.4 Å². The van der Waals surface area contributed by atoms with Gasteiger partial charge in [-0.25, -0.2) is 14.8 Å². The standard InChI is InChI=1S/C18H21N5O3S/c24-12(22-7-1-2-8-22)9-27-17-13-15(19-14(20-17)10-3-4-10)23(11-5-6-11)18(26)21-16(13)25/h10-11H,1-9H2,(H,21,25,26). The first-order chi connectivity index (χ1) is 13.1. The summed E-state index contributed by atoms with van der Waals surface area (Å²) in [6.07, 6.45) is 5.98. The lowest BCUT2D eigenvalue weighted by Gasteiger charge is -2.15. The van der Waals surface area contributed by atoms with E-state index in [4.69, 9.17) is 0 Å². The normalized spacial score (nSPS) is 19.8. The summed E-state index contributed by atoms with van der Waals surface area (Å²) in [6.45, 7) is 1.61. The summed E-state index contributed by atoms with van der Waals surface area (Å²) in [4.78, 5) is 50.9. The molecule has 0 unspecified atom stereocenters. The zero-order valence-electron chi connectivity index (χ0n) is 14.9. The monoisotopic (exact) mass is 387 g/mol. The van der Waals surface area contributed by atoms with Crippen LogP contribution >= 0.6 is 11.8 Å². The molecule has 2 saturated carbocycles. The molecule has 2 aliphatic carbocycles. The van der Waals surface area contributed by atoms with Crippen molar-refractivity contribution in [2.45, 2.75) is 55.5 Å². The number of nitrogens with one attached hydrogen (secondary N) is 1. The maximum atomic E-state index is 12.6. The van der Waals surface area contributed by atoms with E-state index in [9.17, 15) is 14.4 Å². The molecule has 3 heterocycles. The van der Waals surface area contributed by atoms with E-state index in [2.05, 4.69) is 15.0 Å². The Bertz CT molecular complexity index is 1030. The second-order valence-electron chi connectivity index (χ2n) is 7.60. The smallest absolute Gasteiger partial charge is 0.330 e. The molecule has 1 amide bonds. The van der Waals surface area contributed by atoms with Crippen molar-refractivity contribution in [3.05, 3.63) is 26.7 Å². The summed E-state index contributed by atoms with van der Waals surface area (Å²) in [6, 6.07) is 0.0999. The first-order valence-corrected chi connectivity index (χ1v) is 10.6. The number of thioether (sulfide) groups is 1. The summed E-state index contributed by atoms with van der Waals surface area (Å²) in [5.74, 6) is 1.31. The van der Waals surface area contributed by atoms with Crippen molar-refractivity contribution in [3.8, 4) is 0 Å². The van der Waals surface area contributed by atoms with E-state index in [1.807, 2.05) is 4.90 Å². The molecule has 27 heavy (non-hydrogen) atoms. The third kappa shape index (κ3) is 3.18. The lowest BCUT2D eigenvalue weighted by molar-refractivity contribution is -0.127. The summed E-state index contributed by atoms with van der Waals surface area (Å²) < 4.78 is 1.61. The quantitative estimate of drug-likeness (QED) is 0.615. The van der Waals surface area contributed by atoms with E-state index in [1.165, 1.54) is 11.8 Å². The van der Waals surface area contributed by atoms with E-state index in [1.54, 1.807) is 4.57 Å². The summed E-state index contributed by atoms with van der Waals surface area (Å²) in [7, 11) is 0. The van der Waals surface area contributed by atoms with E-state index in [0.717, 1.165) is 51.6 Å². The number of carbonyl (C=O) groups is 1. The second kappa shape index (κ2) is 6.47. The van der Waals surface area contributed by atoms with Gasteiger partial charge in [-0.15, -0.1) is 0 Å². The molecule has 2 aromatic rings. The van der Waals surface area contributed by atoms with Crippen molar-refractivity contribution in [1.29, 1.82) is 0 Å². The molecule has 8 nitrogen and oxygen atoms in total. The Balaban J connectivity index is 1.57. The summed E-state index contributed by atoms with van der Waals surface area (Å²) in [5, 5.41) is 0.857. The third-order valence-corrected chi connectivity index (χ3v) is 6.37. The number of carbonyl (C=O) groups excluding carboxylic acids is 1. The fourth-order valence-corrected chi connectivity index (χ4v) is 4.55. The minimum atomic E-state index is -0.467. The molecule has 0 bridgehead atoms. The molecular formula is C18H21N5O3S. The number of aromatic amines is 1. The molecule has 5 rings (SSSR count). The predicted molar refractivity (Wildman–Crippen MR) is 101 cm³/mol. The zero-order valence-corrected chi connectivity index (χ0v) is 15.8. The van der Waals surface area contributed by atoms with Crippen LogP contribution in [0.3, 0.4) is 0 Å². The Morgan fingerprint density at radius 3 is 2.52 bits per heavy atom. The lowest BCUT2D eigenvalue weighted by atomic mass is 10.3. The van der Waals surface area contributed by atoms with Gasteiger partial charge in [-0.3, -0.25) is 19.1 Å². The topological polar surface area (TPSA) is 101 Å². The Morgan fingerprint density at radius 2 is 1.85 bits per heavy atom. The fourth-order valence-electron chi connectivity index (χ4n) is 3.62. The van der Waals surface area contributed by atoms with E-state index in [-0.39, 0.29) is 17.7 Å². The highest BCUT2D eigenvalue weighted by Crippen LogP contribution is 2.40. The molecule has 0 spiro atoms. The molecule has 9 heteroatoms. The first-order valence-electron chi connectivity index (χ1n) is 9.59.